The normalized spacial score (nSPS) is 7.60. The van der Waals surface area contributed by atoms with Gasteiger partial charge in [-0.15, -0.1) is 0 Å². The second kappa shape index (κ2) is 4.93. The topological polar surface area (TPSA) is 65.0 Å². The van der Waals surface area contributed by atoms with Crippen LogP contribution in [0.1, 0.15) is 0 Å². The van der Waals surface area contributed by atoms with Crippen molar-refractivity contribution in [2.45, 2.75) is 0 Å². The standard InChI is InChI=1S/C4H2N3O2.Zn/c8-3-9-4-6-1-5-2-7-4;/h1-2H;/q-1;. The van der Waals surface area contributed by atoms with Crippen molar-refractivity contribution in [1.29, 1.82) is 0 Å². The first-order valence-corrected chi connectivity index (χ1v) is 2.09. The monoisotopic (exact) mass is 188 g/mol. The van der Waals surface area contributed by atoms with Gasteiger partial charge in [-0.25, -0.2) is 4.98 Å². The largest absolute Gasteiger partial charge is 0.582 e. The van der Waals surface area contributed by atoms with E-state index in [-0.39, 0.29) is 25.5 Å². The summed E-state index contributed by atoms with van der Waals surface area (Å²) >= 11 is 0. The van der Waals surface area contributed by atoms with Crippen molar-refractivity contribution in [3.05, 3.63) is 12.7 Å². The first-order valence-electron chi connectivity index (χ1n) is 2.09. The van der Waals surface area contributed by atoms with Crippen LogP contribution in [-0.4, -0.2) is 21.4 Å². The molecule has 0 saturated carbocycles. The molecule has 0 aliphatic carbocycles. The Morgan fingerprint density at radius 2 is 2.00 bits per heavy atom. The summed E-state index contributed by atoms with van der Waals surface area (Å²) in [6.45, 7) is 1.18. The van der Waals surface area contributed by atoms with E-state index in [0.29, 0.717) is 0 Å². The van der Waals surface area contributed by atoms with Crippen molar-refractivity contribution < 1.29 is 29.0 Å². The van der Waals surface area contributed by atoms with Gasteiger partial charge < -0.3 is 9.53 Å². The van der Waals surface area contributed by atoms with Crippen LogP contribution in [0.2, 0.25) is 0 Å². The second-order valence-corrected chi connectivity index (χ2v) is 1.11. The maximum atomic E-state index is 9.53. The summed E-state index contributed by atoms with van der Waals surface area (Å²) in [6.07, 6.45) is 2.44. The first-order chi connectivity index (χ1) is 4.43. The van der Waals surface area contributed by atoms with Crippen LogP contribution < -0.4 is 4.74 Å². The van der Waals surface area contributed by atoms with Crippen molar-refractivity contribution in [1.82, 2.24) is 15.0 Å². The molecule has 6 heteroatoms. The number of rotatable bonds is 2. The van der Waals surface area contributed by atoms with Gasteiger partial charge in [0.1, 0.15) is 12.7 Å². The van der Waals surface area contributed by atoms with E-state index in [2.05, 4.69) is 19.7 Å². The van der Waals surface area contributed by atoms with Gasteiger partial charge >= 0.3 is 0 Å². The third-order valence-corrected chi connectivity index (χ3v) is 0.603. The van der Waals surface area contributed by atoms with Gasteiger partial charge in [-0.05, 0) is 0 Å². The third kappa shape index (κ3) is 2.59. The van der Waals surface area contributed by atoms with E-state index in [1.807, 2.05) is 0 Å². The molecule has 0 fully saturated rings. The number of hydrogen-bond donors (Lipinski definition) is 0. The molecule has 0 aromatic carbocycles. The molecule has 0 amide bonds. The van der Waals surface area contributed by atoms with E-state index in [4.69, 9.17) is 0 Å². The van der Waals surface area contributed by atoms with Gasteiger partial charge in [0.2, 0.25) is 0 Å². The molecule has 0 saturated heterocycles. The van der Waals surface area contributed by atoms with Gasteiger partial charge in [-0.2, -0.15) is 0 Å². The molecule has 0 N–H and O–H groups in total. The molecule has 48 valence electrons. The first kappa shape index (κ1) is 9.10. The van der Waals surface area contributed by atoms with Crippen molar-refractivity contribution in [2.24, 2.45) is 0 Å². The fraction of sp³-hybridized carbons (Fsp3) is 0. The zero-order valence-electron chi connectivity index (χ0n) is 5.02. The summed E-state index contributed by atoms with van der Waals surface area (Å²) in [4.78, 5) is 19.9. The molecule has 1 rings (SSSR count). The molecule has 1 aromatic heterocycles. The number of nitrogens with zero attached hydrogens (tertiary/aromatic N) is 3. The molecule has 0 aliphatic heterocycles. The molecular weight excluding hydrogens is 187 g/mol. The fourth-order valence-electron chi connectivity index (χ4n) is 0.319. The number of hydrogen-bond acceptors (Lipinski definition) is 5. The van der Waals surface area contributed by atoms with Gasteiger partial charge in [-0.1, -0.05) is 0 Å². The van der Waals surface area contributed by atoms with Crippen LogP contribution in [-0.2, 0) is 24.3 Å². The van der Waals surface area contributed by atoms with Crippen LogP contribution in [0.15, 0.2) is 12.7 Å². The zero-order chi connectivity index (χ0) is 6.53. The molecule has 0 spiro atoms. The molecule has 5 nitrogen and oxygen atoms in total. The summed E-state index contributed by atoms with van der Waals surface area (Å²) in [5.41, 5.74) is 0. The van der Waals surface area contributed by atoms with Gasteiger partial charge in [0.05, 0.1) is 0 Å². The maximum Gasteiger partial charge on any atom is 0.172 e. The van der Waals surface area contributed by atoms with E-state index in [9.17, 15) is 4.79 Å². The summed E-state index contributed by atoms with van der Waals surface area (Å²) in [5, 5.41) is 0. The predicted molar refractivity (Wildman–Crippen MR) is 26.1 cm³/mol. The van der Waals surface area contributed by atoms with E-state index >= 15 is 0 Å². The Labute approximate surface area is 69.6 Å². The summed E-state index contributed by atoms with van der Waals surface area (Å²) < 4.78 is 4.14. The molecule has 1 aromatic rings. The summed E-state index contributed by atoms with van der Waals surface area (Å²) in [7, 11) is 0. The van der Waals surface area contributed by atoms with Crippen molar-refractivity contribution in [3.8, 4) is 6.01 Å². The van der Waals surface area contributed by atoms with Crippen molar-refractivity contribution in [3.63, 3.8) is 0 Å². The second-order valence-electron chi connectivity index (χ2n) is 1.11. The molecule has 1 heterocycles. The van der Waals surface area contributed by atoms with Gasteiger partial charge in [0, 0.05) is 19.5 Å². The molecule has 10 heavy (non-hydrogen) atoms. The minimum absolute atomic E-state index is 0. The van der Waals surface area contributed by atoms with E-state index < -0.39 is 0 Å². The molecule has 0 bridgehead atoms. The van der Waals surface area contributed by atoms with Gasteiger partial charge in [-0.3, -0.25) is 9.97 Å². The van der Waals surface area contributed by atoms with Crippen molar-refractivity contribution >= 4 is 6.47 Å². The number of ether oxygens (including phenoxy) is 1. The summed E-state index contributed by atoms with van der Waals surface area (Å²) in [5.74, 6) is 0. The smallest absolute Gasteiger partial charge is 0.172 e. The minimum atomic E-state index is -0.0417. The van der Waals surface area contributed by atoms with Crippen LogP contribution >= 0.6 is 0 Å². The van der Waals surface area contributed by atoms with Gasteiger partial charge in [0.25, 0.3) is 0 Å². The fourth-order valence-corrected chi connectivity index (χ4v) is 0.319. The van der Waals surface area contributed by atoms with Crippen LogP contribution in [0, 0.1) is 0 Å². The Balaban J connectivity index is 0.000000810. The Morgan fingerprint density at radius 1 is 1.40 bits per heavy atom. The van der Waals surface area contributed by atoms with E-state index in [1.54, 1.807) is 0 Å². The molecular formula is C4H2N3O2Zn-. The average Bonchev–Trinajstić information content (AvgIpc) is 1.91. The Bertz CT molecular complexity index is 193. The predicted octanol–water partition coefficient (Wildman–Crippen LogP) is -0.685. The zero-order valence-corrected chi connectivity index (χ0v) is 7.99. The van der Waals surface area contributed by atoms with E-state index in [0.717, 1.165) is 0 Å². The van der Waals surface area contributed by atoms with Gasteiger partial charge in [0.15, 0.2) is 12.5 Å². The van der Waals surface area contributed by atoms with Crippen LogP contribution in [0.3, 0.4) is 0 Å². The average molecular weight is 189 g/mol. The van der Waals surface area contributed by atoms with Crippen LogP contribution in [0.25, 0.3) is 0 Å². The quantitative estimate of drug-likeness (QED) is 0.455. The SMILES string of the molecule is O=[C-]Oc1ncncn1.[Zn]. The Hall–Kier alpha value is -0.897. The Kier molecular flexibility index (Phi) is 4.49. The van der Waals surface area contributed by atoms with Crippen molar-refractivity contribution in [2.75, 3.05) is 0 Å². The van der Waals surface area contributed by atoms with E-state index in [1.165, 1.54) is 19.1 Å². The summed E-state index contributed by atoms with van der Waals surface area (Å²) in [6, 6.07) is -0.0417. The molecule has 0 unspecified atom stereocenters. The van der Waals surface area contributed by atoms with Crippen LogP contribution in [0.5, 0.6) is 6.01 Å². The number of carbonyl (C=O) groups excluding carboxylic acids is 1. The number of aromatic nitrogens is 3. The maximum absolute atomic E-state index is 9.53. The molecule has 0 aliphatic rings. The van der Waals surface area contributed by atoms with Crippen LogP contribution in [0.4, 0.5) is 0 Å². The third-order valence-electron chi connectivity index (χ3n) is 0.603. The Morgan fingerprint density at radius 3 is 2.50 bits per heavy atom. The molecule has 0 atom stereocenters. The minimum Gasteiger partial charge on any atom is -0.582 e. The molecule has 0 radical (unpaired) electrons.